The molecule has 2 aliphatic heterocycles. The Bertz CT molecular complexity index is 667. The molecule has 4 rings (SSSR count). The Morgan fingerprint density at radius 1 is 1.33 bits per heavy atom. The van der Waals surface area contributed by atoms with E-state index in [1.807, 2.05) is 17.2 Å². The number of hydrogen-bond donors (Lipinski definition) is 1. The molecule has 1 amide bonds. The van der Waals surface area contributed by atoms with E-state index >= 15 is 0 Å². The molecule has 2 saturated heterocycles. The van der Waals surface area contributed by atoms with E-state index in [0.717, 1.165) is 62.3 Å². The Balaban J connectivity index is 1.48. The van der Waals surface area contributed by atoms with Crippen molar-refractivity contribution in [3.05, 3.63) is 18.6 Å². The van der Waals surface area contributed by atoms with Crippen LogP contribution in [0.1, 0.15) is 19.3 Å². The minimum absolute atomic E-state index is 0.323. The maximum atomic E-state index is 11.7. The molecule has 0 saturated carbocycles. The Labute approximate surface area is 123 Å². The molecule has 2 aliphatic rings. The summed E-state index contributed by atoms with van der Waals surface area (Å²) in [5.74, 6) is 1.89. The van der Waals surface area contributed by atoms with Crippen LogP contribution in [0.3, 0.4) is 0 Å². The number of aromatic nitrogens is 3. The fourth-order valence-electron chi connectivity index (χ4n) is 3.49. The van der Waals surface area contributed by atoms with Crippen LogP contribution in [0.4, 0.5) is 5.82 Å². The van der Waals surface area contributed by atoms with E-state index in [1.165, 1.54) is 0 Å². The van der Waals surface area contributed by atoms with Crippen molar-refractivity contribution in [3.63, 3.8) is 0 Å². The number of likely N-dealkylation sites (tertiary alicyclic amines) is 1. The molecule has 0 spiro atoms. The number of carbonyl (C=O) groups excluding carboxylic acids is 1. The lowest BCUT2D eigenvalue weighted by molar-refractivity contribution is -0.128. The first-order valence-electron chi connectivity index (χ1n) is 7.62. The summed E-state index contributed by atoms with van der Waals surface area (Å²) in [6.45, 7) is 3.81. The molecule has 2 aromatic rings. The molecule has 6 nitrogen and oxygen atoms in total. The smallest absolute Gasteiger partial charge is 0.222 e. The third-order valence-corrected chi connectivity index (χ3v) is 4.57. The molecule has 4 heterocycles. The van der Waals surface area contributed by atoms with Gasteiger partial charge in [0.05, 0.1) is 5.39 Å². The van der Waals surface area contributed by atoms with Crippen LogP contribution < -0.4 is 4.90 Å². The number of fused-ring (bicyclic) bond motifs is 1. The molecule has 2 aromatic heterocycles. The van der Waals surface area contributed by atoms with Crippen LogP contribution >= 0.6 is 0 Å². The van der Waals surface area contributed by atoms with Crippen molar-refractivity contribution >= 4 is 22.8 Å². The summed E-state index contributed by atoms with van der Waals surface area (Å²) in [4.78, 5) is 27.9. The van der Waals surface area contributed by atoms with E-state index in [0.29, 0.717) is 11.8 Å². The highest BCUT2D eigenvalue weighted by molar-refractivity contribution is 5.87. The van der Waals surface area contributed by atoms with E-state index in [1.54, 1.807) is 6.33 Å². The molecular weight excluding hydrogens is 266 g/mol. The van der Waals surface area contributed by atoms with Crippen molar-refractivity contribution in [1.29, 1.82) is 0 Å². The van der Waals surface area contributed by atoms with Gasteiger partial charge in [0.25, 0.3) is 0 Å². The predicted molar refractivity (Wildman–Crippen MR) is 80.0 cm³/mol. The Morgan fingerprint density at radius 3 is 3.14 bits per heavy atom. The second-order valence-corrected chi connectivity index (χ2v) is 5.98. The first kappa shape index (κ1) is 12.6. The molecule has 6 heteroatoms. The van der Waals surface area contributed by atoms with Gasteiger partial charge in [-0.1, -0.05) is 0 Å². The van der Waals surface area contributed by atoms with Crippen LogP contribution in [-0.2, 0) is 4.79 Å². The number of hydrogen-bond acceptors (Lipinski definition) is 4. The number of nitrogens with one attached hydrogen (secondary N) is 1. The van der Waals surface area contributed by atoms with Gasteiger partial charge in [0.1, 0.15) is 17.8 Å². The molecule has 0 radical (unpaired) electrons. The molecule has 1 N–H and O–H groups in total. The van der Waals surface area contributed by atoms with Crippen molar-refractivity contribution < 1.29 is 4.79 Å². The van der Waals surface area contributed by atoms with E-state index in [2.05, 4.69) is 19.9 Å². The number of H-pyrrole nitrogens is 1. The predicted octanol–water partition coefficient (Wildman–Crippen LogP) is 1.41. The van der Waals surface area contributed by atoms with E-state index in [-0.39, 0.29) is 0 Å². The normalized spacial score (nSPS) is 22.7. The van der Waals surface area contributed by atoms with Gasteiger partial charge in [-0.05, 0) is 24.8 Å². The first-order chi connectivity index (χ1) is 10.3. The molecule has 21 heavy (non-hydrogen) atoms. The monoisotopic (exact) mass is 285 g/mol. The van der Waals surface area contributed by atoms with Gasteiger partial charge in [0.15, 0.2) is 0 Å². The lowest BCUT2D eigenvalue weighted by atomic mass is 10.1. The minimum atomic E-state index is 0.323. The molecule has 0 aliphatic carbocycles. The second-order valence-electron chi connectivity index (χ2n) is 5.98. The van der Waals surface area contributed by atoms with Gasteiger partial charge in [-0.3, -0.25) is 4.79 Å². The maximum absolute atomic E-state index is 11.7. The van der Waals surface area contributed by atoms with Gasteiger partial charge in [0.2, 0.25) is 5.91 Å². The lowest BCUT2D eigenvalue weighted by Gasteiger charge is -2.21. The number of aromatic amines is 1. The zero-order valence-electron chi connectivity index (χ0n) is 12.0. The minimum Gasteiger partial charge on any atom is -0.356 e. The van der Waals surface area contributed by atoms with Gasteiger partial charge in [-0.25, -0.2) is 9.97 Å². The Kier molecular flexibility index (Phi) is 3.02. The third kappa shape index (κ3) is 2.24. The summed E-state index contributed by atoms with van der Waals surface area (Å²) in [6.07, 6.45) is 6.39. The SMILES string of the molecule is O=C1CCCN1CC1CCN(c2ncnc3[nH]ccc23)C1. The van der Waals surface area contributed by atoms with Crippen LogP contribution in [0, 0.1) is 5.92 Å². The van der Waals surface area contributed by atoms with Crippen molar-refractivity contribution in [2.75, 3.05) is 31.1 Å². The van der Waals surface area contributed by atoms with Gasteiger partial charge in [-0.2, -0.15) is 0 Å². The summed E-state index contributed by atoms with van der Waals surface area (Å²) < 4.78 is 0. The number of anilines is 1. The summed E-state index contributed by atoms with van der Waals surface area (Å²) >= 11 is 0. The average molecular weight is 285 g/mol. The van der Waals surface area contributed by atoms with Crippen LogP contribution in [0.25, 0.3) is 11.0 Å². The zero-order chi connectivity index (χ0) is 14.2. The number of nitrogens with zero attached hydrogens (tertiary/aromatic N) is 4. The third-order valence-electron chi connectivity index (χ3n) is 4.57. The molecule has 110 valence electrons. The van der Waals surface area contributed by atoms with E-state index in [9.17, 15) is 4.79 Å². The van der Waals surface area contributed by atoms with Crippen LogP contribution in [0.15, 0.2) is 18.6 Å². The summed E-state index contributed by atoms with van der Waals surface area (Å²) in [5, 5.41) is 1.08. The Hall–Kier alpha value is -2.11. The summed E-state index contributed by atoms with van der Waals surface area (Å²) in [6, 6.07) is 2.03. The van der Waals surface area contributed by atoms with Crippen molar-refractivity contribution in [1.82, 2.24) is 19.9 Å². The fraction of sp³-hybridized carbons (Fsp3) is 0.533. The fourth-order valence-corrected chi connectivity index (χ4v) is 3.49. The molecule has 1 unspecified atom stereocenters. The second kappa shape index (κ2) is 5.02. The van der Waals surface area contributed by atoms with Crippen molar-refractivity contribution in [3.8, 4) is 0 Å². The molecule has 1 atom stereocenters. The van der Waals surface area contributed by atoms with Crippen molar-refractivity contribution in [2.24, 2.45) is 5.92 Å². The van der Waals surface area contributed by atoms with E-state index < -0.39 is 0 Å². The highest BCUT2D eigenvalue weighted by Gasteiger charge is 2.29. The number of rotatable bonds is 3. The maximum Gasteiger partial charge on any atom is 0.222 e. The van der Waals surface area contributed by atoms with Crippen LogP contribution in [0.5, 0.6) is 0 Å². The highest BCUT2D eigenvalue weighted by Crippen LogP contribution is 2.28. The standard InChI is InChI=1S/C15H19N5O/c21-13-2-1-6-19(13)8-11-4-7-20(9-11)15-12-3-5-16-14(12)17-10-18-15/h3,5,10-11H,1-2,4,6-9H2,(H,16,17,18). The number of carbonyl (C=O) groups is 1. The quantitative estimate of drug-likeness (QED) is 0.926. The Morgan fingerprint density at radius 2 is 2.29 bits per heavy atom. The lowest BCUT2D eigenvalue weighted by Crippen LogP contribution is -2.32. The van der Waals surface area contributed by atoms with E-state index in [4.69, 9.17) is 0 Å². The van der Waals surface area contributed by atoms with Crippen LogP contribution in [0.2, 0.25) is 0 Å². The highest BCUT2D eigenvalue weighted by atomic mass is 16.2. The molecule has 0 bridgehead atoms. The molecule has 0 aromatic carbocycles. The van der Waals surface area contributed by atoms with Gasteiger partial charge < -0.3 is 14.8 Å². The average Bonchev–Trinajstić information content (AvgIpc) is 3.21. The topological polar surface area (TPSA) is 65.1 Å². The molecule has 2 fully saturated rings. The van der Waals surface area contributed by atoms with Gasteiger partial charge in [-0.15, -0.1) is 0 Å². The van der Waals surface area contributed by atoms with Crippen LogP contribution in [-0.4, -0.2) is 51.9 Å². The largest absolute Gasteiger partial charge is 0.356 e. The first-order valence-corrected chi connectivity index (χ1v) is 7.62. The molecular formula is C15H19N5O. The summed E-state index contributed by atoms with van der Waals surface area (Å²) in [5.41, 5.74) is 0.887. The number of amides is 1. The summed E-state index contributed by atoms with van der Waals surface area (Å²) in [7, 11) is 0. The van der Waals surface area contributed by atoms with Gasteiger partial charge in [0, 0.05) is 38.8 Å². The van der Waals surface area contributed by atoms with Gasteiger partial charge >= 0.3 is 0 Å². The van der Waals surface area contributed by atoms with Crippen molar-refractivity contribution in [2.45, 2.75) is 19.3 Å². The zero-order valence-corrected chi connectivity index (χ0v) is 12.0.